The molecule has 4 heteroatoms. The Bertz CT molecular complexity index is 1790. The van der Waals surface area contributed by atoms with Crippen molar-refractivity contribution in [2.24, 2.45) is 0 Å². The maximum atomic E-state index is 9.29. The molecule has 0 atom stereocenters. The number of hydrogen-bond donors (Lipinski definition) is 0. The highest BCUT2D eigenvalue weighted by atomic mass is 28.3. The van der Waals surface area contributed by atoms with Crippen LogP contribution in [0.2, 0.25) is 19.6 Å². The highest BCUT2D eigenvalue weighted by Crippen LogP contribution is 2.37. The van der Waals surface area contributed by atoms with Crippen LogP contribution < -0.4 is 5.19 Å². The molecule has 0 fully saturated rings. The number of fused-ring (bicyclic) bond motifs is 3. The van der Waals surface area contributed by atoms with Crippen molar-refractivity contribution >= 4 is 35.2 Å². The van der Waals surface area contributed by atoms with E-state index in [1.807, 2.05) is 30.3 Å². The molecule has 0 aliphatic heterocycles. The van der Waals surface area contributed by atoms with E-state index >= 15 is 0 Å². The van der Waals surface area contributed by atoms with Crippen LogP contribution in [0.15, 0.2) is 71.3 Å². The Morgan fingerprint density at radius 1 is 0.879 bits per heavy atom. The normalized spacial score (nSPS) is 15.2. The molecule has 0 saturated heterocycles. The molecule has 0 aliphatic carbocycles. The highest BCUT2D eigenvalue weighted by Gasteiger charge is 2.19. The van der Waals surface area contributed by atoms with Crippen molar-refractivity contribution < 1.29 is 12.6 Å². The van der Waals surface area contributed by atoms with Crippen molar-refractivity contribution in [1.29, 1.82) is 5.26 Å². The third kappa shape index (κ3) is 3.65. The Hall–Kier alpha value is -3.68. The second kappa shape index (κ2) is 7.72. The molecule has 0 aliphatic rings. The molecule has 0 saturated carbocycles. The minimum Gasteiger partial charge on any atom is -0.455 e. The maximum absolute atomic E-state index is 9.29. The highest BCUT2D eigenvalue weighted by molar-refractivity contribution is 6.88. The predicted octanol–water partition coefficient (Wildman–Crippen LogP) is 7.35. The number of aryl methyl sites for hydroxylation is 2. The van der Waals surface area contributed by atoms with E-state index < -0.39 is 21.8 Å². The number of rotatable bonds is 3. The summed E-state index contributed by atoms with van der Waals surface area (Å²) in [6, 6.07) is 20.0. The summed E-state index contributed by atoms with van der Waals surface area (Å²) in [4.78, 5) is 4.50. The molecule has 2 heterocycles. The maximum Gasteiger partial charge on any atom is 0.144 e. The first-order valence-corrected chi connectivity index (χ1v) is 14.2. The first kappa shape index (κ1) is 15.2. The van der Waals surface area contributed by atoms with Gasteiger partial charge in [-0.15, -0.1) is 0 Å². The number of benzene rings is 3. The molecule has 0 amide bonds. The standard InChI is InChI=1S/C29H26N2OSi/c1-18-13-21(33(3,4)5)10-12-22(18)26-15-27(31-17-19(26)2)25-8-6-7-24-23-11-9-20(16-30)14-28(23)32-29(24)25/h6-15,17H,1-5H3/i1D3,2D3. The first-order valence-electron chi connectivity index (χ1n) is 13.7. The average Bonchev–Trinajstić information content (AvgIpc) is 3.24. The van der Waals surface area contributed by atoms with Crippen LogP contribution in [0.5, 0.6) is 0 Å². The second-order valence-corrected chi connectivity index (χ2v) is 14.3. The molecular formula is C29H26N2OSi. The zero-order valence-electron chi connectivity index (χ0n) is 24.7. The van der Waals surface area contributed by atoms with Crippen LogP contribution in [0.1, 0.15) is 24.9 Å². The smallest absolute Gasteiger partial charge is 0.144 e. The molecular weight excluding hydrogens is 420 g/mol. The van der Waals surface area contributed by atoms with Gasteiger partial charge in [0.15, 0.2) is 0 Å². The van der Waals surface area contributed by atoms with Gasteiger partial charge in [-0.1, -0.05) is 55.2 Å². The molecule has 33 heavy (non-hydrogen) atoms. The second-order valence-electron chi connectivity index (χ2n) is 9.23. The van der Waals surface area contributed by atoms with Gasteiger partial charge >= 0.3 is 0 Å². The van der Waals surface area contributed by atoms with Crippen molar-refractivity contribution in [2.75, 3.05) is 0 Å². The van der Waals surface area contributed by atoms with Gasteiger partial charge in [0, 0.05) is 30.8 Å². The number of aromatic nitrogens is 1. The van der Waals surface area contributed by atoms with Crippen molar-refractivity contribution in [2.45, 2.75) is 33.3 Å². The van der Waals surface area contributed by atoms with Crippen molar-refractivity contribution in [3.8, 4) is 28.5 Å². The minimum atomic E-state index is -2.51. The van der Waals surface area contributed by atoms with Gasteiger partial charge in [-0.05, 0) is 66.3 Å². The van der Waals surface area contributed by atoms with Gasteiger partial charge in [0.25, 0.3) is 0 Å². The van der Waals surface area contributed by atoms with E-state index in [0.717, 1.165) is 16.0 Å². The number of furan rings is 1. The van der Waals surface area contributed by atoms with Crippen LogP contribution in [0, 0.1) is 25.0 Å². The van der Waals surface area contributed by atoms with E-state index in [1.165, 1.54) is 6.20 Å². The lowest BCUT2D eigenvalue weighted by atomic mass is 9.95. The number of hydrogen-bond acceptors (Lipinski definition) is 3. The monoisotopic (exact) mass is 452 g/mol. The van der Waals surface area contributed by atoms with Crippen LogP contribution in [0.3, 0.4) is 0 Å². The Kier molecular flexibility index (Phi) is 3.56. The van der Waals surface area contributed by atoms with E-state index in [0.29, 0.717) is 39.1 Å². The van der Waals surface area contributed by atoms with Crippen LogP contribution >= 0.6 is 0 Å². The van der Waals surface area contributed by atoms with E-state index in [4.69, 9.17) is 12.6 Å². The summed E-state index contributed by atoms with van der Waals surface area (Å²) < 4.78 is 55.5. The molecule has 5 rings (SSSR count). The number of nitrogens with zero attached hydrogens (tertiary/aromatic N) is 2. The van der Waals surface area contributed by atoms with Gasteiger partial charge in [-0.25, -0.2) is 0 Å². The molecule has 0 bridgehead atoms. The largest absolute Gasteiger partial charge is 0.455 e. The molecule has 0 unspecified atom stereocenters. The molecule has 0 N–H and O–H groups in total. The lowest BCUT2D eigenvalue weighted by Gasteiger charge is -2.19. The lowest BCUT2D eigenvalue weighted by molar-refractivity contribution is 0.669. The lowest BCUT2D eigenvalue weighted by Crippen LogP contribution is -2.37. The number of nitriles is 1. The summed E-state index contributed by atoms with van der Waals surface area (Å²) in [5.41, 5.74) is 3.42. The summed E-state index contributed by atoms with van der Waals surface area (Å²) in [7, 11) is -1.84. The Morgan fingerprint density at radius 3 is 2.48 bits per heavy atom. The predicted molar refractivity (Wildman–Crippen MR) is 140 cm³/mol. The van der Waals surface area contributed by atoms with E-state index in [1.54, 1.807) is 30.3 Å². The van der Waals surface area contributed by atoms with Gasteiger partial charge < -0.3 is 4.42 Å². The summed E-state index contributed by atoms with van der Waals surface area (Å²) in [6.07, 6.45) is 1.31. The number of pyridine rings is 1. The first-order chi connectivity index (χ1) is 18.2. The summed E-state index contributed by atoms with van der Waals surface area (Å²) in [5, 5.41) is 11.9. The van der Waals surface area contributed by atoms with Gasteiger partial charge in [0.1, 0.15) is 11.2 Å². The molecule has 0 radical (unpaired) electrons. The summed E-state index contributed by atoms with van der Waals surface area (Å²) in [6.45, 7) is 1.45. The van der Waals surface area contributed by atoms with Gasteiger partial charge in [-0.2, -0.15) is 5.26 Å². The van der Waals surface area contributed by atoms with Crippen molar-refractivity contribution in [3.05, 3.63) is 83.6 Å². The van der Waals surface area contributed by atoms with E-state index in [-0.39, 0.29) is 11.1 Å². The average molecular weight is 453 g/mol. The Morgan fingerprint density at radius 2 is 1.73 bits per heavy atom. The SMILES string of the molecule is [2H]C([2H])([2H])c1cnc(-c2cccc3c2oc2cc(C#N)ccc23)cc1-c1ccc([Si](C)(C)C)cc1C([2H])([2H])[2H]. The minimum absolute atomic E-state index is 0.0204. The molecule has 0 spiro atoms. The fraction of sp³-hybridized carbons (Fsp3) is 0.172. The third-order valence-corrected chi connectivity index (χ3v) is 8.03. The Balaban J connectivity index is 1.79. The van der Waals surface area contributed by atoms with Gasteiger partial charge in [0.2, 0.25) is 0 Å². The van der Waals surface area contributed by atoms with Gasteiger partial charge in [0.05, 0.1) is 25.4 Å². The molecule has 3 nitrogen and oxygen atoms in total. The van der Waals surface area contributed by atoms with Crippen LogP contribution in [-0.4, -0.2) is 13.1 Å². The quantitative estimate of drug-likeness (QED) is 0.269. The van der Waals surface area contributed by atoms with Crippen LogP contribution in [0.4, 0.5) is 0 Å². The van der Waals surface area contributed by atoms with Crippen molar-refractivity contribution in [3.63, 3.8) is 0 Å². The van der Waals surface area contributed by atoms with Crippen LogP contribution in [0.25, 0.3) is 44.3 Å². The molecule has 2 aromatic heterocycles. The topological polar surface area (TPSA) is 49.8 Å². The van der Waals surface area contributed by atoms with Gasteiger partial charge in [-0.3, -0.25) is 4.98 Å². The van der Waals surface area contributed by atoms with E-state index in [2.05, 4.69) is 30.7 Å². The van der Waals surface area contributed by atoms with E-state index in [9.17, 15) is 5.26 Å². The third-order valence-electron chi connectivity index (χ3n) is 5.98. The van der Waals surface area contributed by atoms with Crippen LogP contribution in [-0.2, 0) is 0 Å². The fourth-order valence-electron chi connectivity index (χ4n) is 4.14. The summed E-state index contributed by atoms with van der Waals surface area (Å²) >= 11 is 0. The van der Waals surface area contributed by atoms with Crippen molar-refractivity contribution in [1.82, 2.24) is 4.98 Å². The number of para-hydroxylation sites is 1. The molecule has 5 aromatic rings. The molecule has 162 valence electrons. The zero-order valence-corrected chi connectivity index (χ0v) is 19.7. The zero-order chi connectivity index (χ0) is 28.3. The fourth-order valence-corrected chi connectivity index (χ4v) is 5.30. The summed E-state index contributed by atoms with van der Waals surface area (Å²) in [5.74, 6) is 0. The Labute approximate surface area is 203 Å². The molecule has 3 aromatic carbocycles.